The Labute approximate surface area is 127 Å². The Morgan fingerprint density at radius 3 is 2.38 bits per heavy atom. The van der Waals surface area contributed by atoms with Gasteiger partial charge in [-0.1, -0.05) is 13.8 Å². The molecule has 0 aliphatic carbocycles. The van der Waals surface area contributed by atoms with E-state index >= 15 is 0 Å². The third kappa shape index (κ3) is 3.24. The van der Waals surface area contributed by atoms with E-state index in [0.717, 1.165) is 12.8 Å². The fraction of sp³-hybridized carbons (Fsp3) is 0.929. The zero-order chi connectivity index (χ0) is 15.7. The van der Waals surface area contributed by atoms with Crippen molar-refractivity contribution in [2.24, 2.45) is 11.3 Å². The van der Waals surface area contributed by atoms with E-state index in [9.17, 15) is 18.3 Å². The van der Waals surface area contributed by atoms with Gasteiger partial charge < -0.3 is 5.11 Å². The molecule has 2 rings (SSSR count). The molecule has 2 saturated heterocycles. The highest BCUT2D eigenvalue weighted by Crippen LogP contribution is 2.35. The average Bonchev–Trinajstić information content (AvgIpc) is 2.47. The molecule has 0 aromatic carbocycles. The van der Waals surface area contributed by atoms with Crippen molar-refractivity contribution in [1.29, 1.82) is 0 Å². The summed E-state index contributed by atoms with van der Waals surface area (Å²) in [7, 11) is -3.52. The summed E-state index contributed by atoms with van der Waals surface area (Å²) in [4.78, 5) is 11.6. The molecule has 0 radical (unpaired) electrons. The first-order valence-corrected chi connectivity index (χ1v) is 9.20. The van der Waals surface area contributed by atoms with E-state index in [0.29, 0.717) is 44.8 Å². The molecular weight excluding hydrogens is 292 g/mol. The number of piperidine rings is 2. The molecule has 6 nitrogen and oxygen atoms in total. The lowest BCUT2D eigenvalue weighted by atomic mass is 9.78. The van der Waals surface area contributed by atoms with E-state index in [1.165, 1.54) is 8.61 Å². The second kappa shape index (κ2) is 6.22. The highest BCUT2D eigenvalue weighted by Gasteiger charge is 2.45. The molecule has 0 spiro atoms. The van der Waals surface area contributed by atoms with Crippen LogP contribution in [0.5, 0.6) is 0 Å². The van der Waals surface area contributed by atoms with Crippen molar-refractivity contribution in [3.63, 3.8) is 0 Å². The minimum atomic E-state index is -3.52. The first-order chi connectivity index (χ1) is 9.82. The number of rotatable bonds is 4. The molecule has 0 bridgehead atoms. The van der Waals surface area contributed by atoms with E-state index in [1.807, 2.05) is 6.92 Å². The molecule has 1 unspecified atom stereocenters. The minimum absolute atomic E-state index is 0.104. The molecule has 2 aliphatic rings. The van der Waals surface area contributed by atoms with Crippen LogP contribution in [0, 0.1) is 11.3 Å². The number of aliphatic carboxylic acids is 1. The van der Waals surface area contributed by atoms with Crippen molar-refractivity contribution in [2.75, 3.05) is 26.2 Å². The lowest BCUT2D eigenvalue weighted by molar-refractivity contribution is -0.151. The van der Waals surface area contributed by atoms with Crippen LogP contribution in [0.2, 0.25) is 0 Å². The van der Waals surface area contributed by atoms with Gasteiger partial charge in [0.1, 0.15) is 0 Å². The predicted octanol–water partition coefficient (Wildman–Crippen LogP) is 1.54. The number of carboxylic acids is 1. The van der Waals surface area contributed by atoms with Crippen molar-refractivity contribution < 1.29 is 18.3 Å². The zero-order valence-corrected chi connectivity index (χ0v) is 13.7. The predicted molar refractivity (Wildman–Crippen MR) is 80.1 cm³/mol. The van der Waals surface area contributed by atoms with Crippen LogP contribution < -0.4 is 0 Å². The third-order valence-electron chi connectivity index (χ3n) is 5.07. The summed E-state index contributed by atoms with van der Waals surface area (Å²) in [5.41, 5.74) is -0.922. The quantitative estimate of drug-likeness (QED) is 0.853. The maximum absolute atomic E-state index is 12.7. The number of nitrogens with zero attached hydrogens (tertiary/aromatic N) is 2. The van der Waals surface area contributed by atoms with Gasteiger partial charge in [-0.2, -0.15) is 17.0 Å². The van der Waals surface area contributed by atoms with Gasteiger partial charge in [-0.3, -0.25) is 4.79 Å². The topological polar surface area (TPSA) is 77.9 Å². The Morgan fingerprint density at radius 2 is 1.86 bits per heavy atom. The van der Waals surface area contributed by atoms with Gasteiger partial charge in [0.2, 0.25) is 0 Å². The van der Waals surface area contributed by atoms with Gasteiger partial charge in [0, 0.05) is 26.2 Å². The van der Waals surface area contributed by atoms with E-state index in [4.69, 9.17) is 0 Å². The molecule has 0 aromatic heterocycles. The lowest BCUT2D eigenvalue weighted by Gasteiger charge is -2.41. The normalized spacial score (nSPS) is 30.4. The summed E-state index contributed by atoms with van der Waals surface area (Å²) in [6.45, 7) is 5.60. The molecule has 1 atom stereocenters. The maximum atomic E-state index is 12.7. The Balaban J connectivity index is 2.14. The summed E-state index contributed by atoms with van der Waals surface area (Å²) in [6, 6.07) is 0. The lowest BCUT2D eigenvalue weighted by Crippen LogP contribution is -2.54. The fourth-order valence-electron chi connectivity index (χ4n) is 3.28. The molecule has 122 valence electrons. The van der Waals surface area contributed by atoms with Gasteiger partial charge in [-0.25, -0.2) is 0 Å². The van der Waals surface area contributed by atoms with Crippen molar-refractivity contribution >= 4 is 16.2 Å². The molecule has 2 aliphatic heterocycles. The van der Waals surface area contributed by atoms with Crippen molar-refractivity contribution in [3.05, 3.63) is 0 Å². The number of hydrogen-bond donors (Lipinski definition) is 1. The monoisotopic (exact) mass is 318 g/mol. The van der Waals surface area contributed by atoms with E-state index in [2.05, 4.69) is 6.92 Å². The van der Waals surface area contributed by atoms with Crippen LogP contribution in [0.15, 0.2) is 0 Å². The van der Waals surface area contributed by atoms with Crippen molar-refractivity contribution in [2.45, 2.75) is 46.0 Å². The summed E-state index contributed by atoms with van der Waals surface area (Å²) < 4.78 is 28.4. The van der Waals surface area contributed by atoms with Crippen LogP contribution in [0.3, 0.4) is 0 Å². The highest BCUT2D eigenvalue weighted by atomic mass is 32.2. The Bertz CT molecular complexity index is 485. The summed E-state index contributed by atoms with van der Waals surface area (Å²) >= 11 is 0. The molecule has 2 heterocycles. The van der Waals surface area contributed by atoms with E-state index in [1.54, 1.807) is 0 Å². The Hall–Kier alpha value is -0.660. The SMILES string of the molecule is CCC1(C(=O)O)CCCN(S(=O)(=O)N2CCC(C)CC2)C1. The molecule has 7 heteroatoms. The Kier molecular flexibility index (Phi) is 4.95. The van der Waals surface area contributed by atoms with Crippen LogP contribution in [0.4, 0.5) is 0 Å². The molecule has 0 aromatic rings. The van der Waals surface area contributed by atoms with Crippen LogP contribution in [0.1, 0.15) is 46.0 Å². The fourth-order valence-corrected chi connectivity index (χ4v) is 5.05. The van der Waals surface area contributed by atoms with Gasteiger partial charge in [0.25, 0.3) is 10.2 Å². The molecule has 2 fully saturated rings. The van der Waals surface area contributed by atoms with Crippen LogP contribution in [-0.4, -0.2) is 54.3 Å². The molecule has 0 saturated carbocycles. The van der Waals surface area contributed by atoms with Gasteiger partial charge in [0.05, 0.1) is 5.41 Å². The standard InChI is InChI=1S/C14H26N2O4S/c1-3-14(13(17)18)7-4-8-16(11-14)21(19,20)15-9-5-12(2)6-10-15/h12H,3-11H2,1-2H3,(H,17,18). The molecule has 21 heavy (non-hydrogen) atoms. The third-order valence-corrected chi connectivity index (χ3v) is 7.05. The average molecular weight is 318 g/mol. The van der Waals surface area contributed by atoms with Gasteiger partial charge in [0.15, 0.2) is 0 Å². The van der Waals surface area contributed by atoms with Gasteiger partial charge in [-0.05, 0) is 38.0 Å². The first-order valence-electron chi connectivity index (χ1n) is 7.80. The molecule has 0 amide bonds. The van der Waals surface area contributed by atoms with Crippen molar-refractivity contribution in [1.82, 2.24) is 8.61 Å². The smallest absolute Gasteiger partial charge is 0.310 e. The second-order valence-electron chi connectivity index (χ2n) is 6.47. The summed E-state index contributed by atoms with van der Waals surface area (Å²) in [5, 5.41) is 9.48. The van der Waals surface area contributed by atoms with Gasteiger partial charge in [-0.15, -0.1) is 0 Å². The summed E-state index contributed by atoms with van der Waals surface area (Å²) in [5.74, 6) is -0.316. The van der Waals surface area contributed by atoms with Crippen LogP contribution >= 0.6 is 0 Å². The highest BCUT2D eigenvalue weighted by molar-refractivity contribution is 7.86. The van der Waals surface area contributed by atoms with Gasteiger partial charge >= 0.3 is 5.97 Å². The Morgan fingerprint density at radius 1 is 1.24 bits per heavy atom. The van der Waals surface area contributed by atoms with Crippen LogP contribution in [-0.2, 0) is 15.0 Å². The number of carbonyl (C=O) groups is 1. The number of carboxylic acid groups (broad SMARTS) is 1. The molecule has 1 N–H and O–H groups in total. The molecular formula is C14H26N2O4S. The van der Waals surface area contributed by atoms with E-state index in [-0.39, 0.29) is 6.54 Å². The van der Waals surface area contributed by atoms with E-state index < -0.39 is 21.6 Å². The number of hydrogen-bond acceptors (Lipinski definition) is 3. The van der Waals surface area contributed by atoms with Crippen LogP contribution in [0.25, 0.3) is 0 Å². The summed E-state index contributed by atoms with van der Waals surface area (Å²) in [6.07, 6.45) is 3.40. The first kappa shape index (κ1) is 16.7. The largest absolute Gasteiger partial charge is 0.481 e. The minimum Gasteiger partial charge on any atom is -0.481 e. The maximum Gasteiger partial charge on any atom is 0.310 e. The zero-order valence-electron chi connectivity index (χ0n) is 12.9. The second-order valence-corrected chi connectivity index (χ2v) is 8.39. The van der Waals surface area contributed by atoms with Crippen molar-refractivity contribution in [3.8, 4) is 0 Å².